The number of hydrogen-bond acceptors (Lipinski definition) is 2. The molecular formula is C18H20ClIN2O. The molecule has 0 aliphatic rings. The monoisotopic (exact) mass is 442 g/mol. The molecule has 2 rings (SSSR count). The maximum absolute atomic E-state index is 12.6. The lowest BCUT2D eigenvalue weighted by Gasteiger charge is -2.21. The summed E-state index contributed by atoms with van der Waals surface area (Å²) in [7, 11) is 4.06. The van der Waals surface area contributed by atoms with Gasteiger partial charge in [-0.2, -0.15) is 0 Å². The Morgan fingerprint density at radius 3 is 2.43 bits per heavy atom. The number of carbonyl (C=O) groups is 1. The molecule has 0 aliphatic heterocycles. The Morgan fingerprint density at radius 2 is 1.83 bits per heavy atom. The molecule has 0 heterocycles. The quantitative estimate of drug-likeness (QED) is 0.674. The van der Waals surface area contributed by atoms with Gasteiger partial charge in [0, 0.05) is 8.59 Å². The maximum atomic E-state index is 12.6. The van der Waals surface area contributed by atoms with Gasteiger partial charge in [0.05, 0.1) is 11.6 Å². The first kappa shape index (κ1) is 18.2. The zero-order valence-electron chi connectivity index (χ0n) is 13.2. The second-order valence-corrected chi connectivity index (χ2v) is 7.25. The number of amides is 1. The van der Waals surface area contributed by atoms with Crippen LogP contribution in [0.3, 0.4) is 0 Å². The van der Waals surface area contributed by atoms with Crippen molar-refractivity contribution in [2.45, 2.75) is 12.5 Å². The van der Waals surface area contributed by atoms with Crippen LogP contribution in [0.4, 0.5) is 0 Å². The van der Waals surface area contributed by atoms with Crippen molar-refractivity contribution in [3.05, 3.63) is 68.3 Å². The third-order valence-electron chi connectivity index (χ3n) is 3.56. The van der Waals surface area contributed by atoms with Crippen LogP contribution in [0.15, 0.2) is 48.5 Å². The largest absolute Gasteiger partial charge is 0.345 e. The smallest absolute Gasteiger partial charge is 0.252 e. The molecular weight excluding hydrogens is 423 g/mol. The average molecular weight is 443 g/mol. The zero-order valence-corrected chi connectivity index (χ0v) is 16.1. The van der Waals surface area contributed by atoms with Crippen LogP contribution in [-0.4, -0.2) is 31.4 Å². The highest BCUT2D eigenvalue weighted by Crippen LogP contribution is 2.21. The normalized spacial score (nSPS) is 12.2. The topological polar surface area (TPSA) is 32.3 Å². The minimum Gasteiger partial charge on any atom is -0.345 e. The Morgan fingerprint density at radius 1 is 1.17 bits per heavy atom. The van der Waals surface area contributed by atoms with Crippen LogP contribution >= 0.6 is 34.2 Å². The molecule has 0 radical (unpaired) electrons. The van der Waals surface area contributed by atoms with Crippen molar-refractivity contribution in [1.82, 2.24) is 10.2 Å². The molecule has 2 aromatic carbocycles. The third-order valence-corrected chi connectivity index (χ3v) is 4.75. The number of carbonyl (C=O) groups excluding carboxylic acids is 1. The van der Waals surface area contributed by atoms with Crippen molar-refractivity contribution in [3.8, 4) is 0 Å². The van der Waals surface area contributed by atoms with E-state index >= 15 is 0 Å². The van der Waals surface area contributed by atoms with Gasteiger partial charge in [0.2, 0.25) is 0 Å². The second kappa shape index (κ2) is 8.66. The summed E-state index contributed by atoms with van der Waals surface area (Å²) in [6, 6.07) is 15.2. The Bertz CT molecular complexity index is 658. The molecule has 0 aliphatic carbocycles. The fourth-order valence-electron chi connectivity index (χ4n) is 2.29. The summed E-state index contributed by atoms with van der Waals surface area (Å²) >= 11 is 8.16. The van der Waals surface area contributed by atoms with Crippen LogP contribution in [0.25, 0.3) is 0 Å². The highest BCUT2D eigenvalue weighted by molar-refractivity contribution is 14.1. The number of hydrogen-bond donors (Lipinski definition) is 1. The van der Waals surface area contributed by atoms with Crippen LogP contribution in [0.1, 0.15) is 28.4 Å². The molecule has 1 N–H and O–H groups in total. The molecule has 1 amide bonds. The van der Waals surface area contributed by atoms with E-state index in [9.17, 15) is 4.79 Å². The summed E-state index contributed by atoms with van der Waals surface area (Å²) in [6.07, 6.45) is 0.837. The van der Waals surface area contributed by atoms with E-state index in [0.717, 1.165) is 22.1 Å². The van der Waals surface area contributed by atoms with Crippen LogP contribution in [0, 0.1) is 3.57 Å². The molecule has 3 nitrogen and oxygen atoms in total. The minimum atomic E-state index is -0.0475. The lowest BCUT2D eigenvalue weighted by Crippen LogP contribution is -2.31. The van der Waals surface area contributed by atoms with E-state index in [1.165, 1.54) is 0 Å². The Labute approximate surface area is 156 Å². The van der Waals surface area contributed by atoms with Crippen LogP contribution < -0.4 is 5.32 Å². The zero-order chi connectivity index (χ0) is 16.8. The Kier molecular flexibility index (Phi) is 6.87. The van der Waals surface area contributed by atoms with Gasteiger partial charge in [0.25, 0.3) is 5.91 Å². The number of halogens is 2. The van der Waals surface area contributed by atoms with E-state index in [1.54, 1.807) is 0 Å². The molecule has 122 valence electrons. The Balaban J connectivity index is 2.18. The van der Waals surface area contributed by atoms with Crippen molar-refractivity contribution in [1.29, 1.82) is 0 Å². The summed E-state index contributed by atoms with van der Waals surface area (Å²) in [4.78, 5) is 14.7. The molecule has 0 saturated carbocycles. The van der Waals surface area contributed by atoms with Gasteiger partial charge in [-0.05, 0) is 79.5 Å². The lowest BCUT2D eigenvalue weighted by atomic mass is 10.0. The van der Waals surface area contributed by atoms with Crippen molar-refractivity contribution in [3.63, 3.8) is 0 Å². The summed E-state index contributed by atoms with van der Waals surface area (Å²) in [6.45, 7) is 0.888. The Hall–Kier alpha value is -1.11. The number of benzene rings is 2. The molecule has 0 aromatic heterocycles. The summed E-state index contributed by atoms with van der Waals surface area (Å²) in [5.41, 5.74) is 1.77. The van der Waals surface area contributed by atoms with E-state index in [0.29, 0.717) is 10.6 Å². The van der Waals surface area contributed by atoms with E-state index in [1.807, 2.05) is 62.6 Å². The van der Waals surface area contributed by atoms with Gasteiger partial charge in [0.15, 0.2) is 0 Å². The predicted octanol–water partition coefficient (Wildman–Crippen LogP) is 4.37. The molecule has 0 fully saturated rings. The second-order valence-electron chi connectivity index (χ2n) is 5.65. The van der Waals surface area contributed by atoms with Crippen LogP contribution in [-0.2, 0) is 0 Å². The van der Waals surface area contributed by atoms with E-state index in [-0.39, 0.29) is 11.9 Å². The summed E-state index contributed by atoms with van der Waals surface area (Å²) in [5.74, 6) is -0.0475. The molecule has 1 unspecified atom stereocenters. The highest BCUT2D eigenvalue weighted by atomic mass is 127. The molecule has 23 heavy (non-hydrogen) atoms. The van der Waals surface area contributed by atoms with Gasteiger partial charge in [-0.15, -0.1) is 0 Å². The first-order valence-electron chi connectivity index (χ1n) is 7.43. The van der Waals surface area contributed by atoms with Crippen molar-refractivity contribution >= 4 is 40.1 Å². The van der Waals surface area contributed by atoms with Gasteiger partial charge < -0.3 is 10.2 Å². The predicted molar refractivity (Wildman–Crippen MR) is 104 cm³/mol. The van der Waals surface area contributed by atoms with Gasteiger partial charge in [0.1, 0.15) is 0 Å². The maximum Gasteiger partial charge on any atom is 0.252 e. The average Bonchev–Trinajstić information content (AvgIpc) is 2.52. The van der Waals surface area contributed by atoms with Gasteiger partial charge >= 0.3 is 0 Å². The minimum absolute atomic E-state index is 0.0434. The van der Waals surface area contributed by atoms with Crippen molar-refractivity contribution in [2.24, 2.45) is 0 Å². The van der Waals surface area contributed by atoms with Gasteiger partial charge in [-0.1, -0.05) is 35.9 Å². The van der Waals surface area contributed by atoms with E-state index < -0.39 is 0 Å². The fraction of sp³-hybridized carbons (Fsp3) is 0.278. The van der Waals surface area contributed by atoms with Crippen molar-refractivity contribution in [2.75, 3.05) is 20.6 Å². The number of rotatable bonds is 6. The highest BCUT2D eigenvalue weighted by Gasteiger charge is 2.17. The standard InChI is InChI=1S/C18H20ClIN2O/c1-22(2)12-11-17(13-7-9-14(19)10-8-13)21-18(23)15-5-3-4-6-16(15)20/h3-10,17H,11-12H2,1-2H3,(H,21,23). The van der Waals surface area contributed by atoms with E-state index in [4.69, 9.17) is 11.6 Å². The van der Waals surface area contributed by atoms with Gasteiger partial charge in [-0.3, -0.25) is 4.79 Å². The molecule has 2 aromatic rings. The summed E-state index contributed by atoms with van der Waals surface area (Å²) < 4.78 is 0.949. The first-order valence-corrected chi connectivity index (χ1v) is 8.88. The SMILES string of the molecule is CN(C)CCC(NC(=O)c1ccccc1I)c1ccc(Cl)cc1. The van der Waals surface area contributed by atoms with E-state index in [2.05, 4.69) is 32.8 Å². The summed E-state index contributed by atoms with van der Waals surface area (Å²) in [5, 5.41) is 3.85. The number of nitrogens with zero attached hydrogens (tertiary/aromatic N) is 1. The molecule has 0 saturated heterocycles. The van der Waals surface area contributed by atoms with Crippen LogP contribution in [0.2, 0.25) is 5.02 Å². The van der Waals surface area contributed by atoms with Crippen LogP contribution in [0.5, 0.6) is 0 Å². The third kappa shape index (κ3) is 5.48. The van der Waals surface area contributed by atoms with Crippen molar-refractivity contribution < 1.29 is 4.79 Å². The molecule has 1 atom stereocenters. The fourth-order valence-corrected chi connectivity index (χ4v) is 3.04. The molecule has 5 heteroatoms. The lowest BCUT2D eigenvalue weighted by molar-refractivity contribution is 0.0932. The molecule has 0 spiro atoms. The molecule has 0 bridgehead atoms. The van der Waals surface area contributed by atoms with Gasteiger partial charge in [-0.25, -0.2) is 0 Å². The number of nitrogens with one attached hydrogen (secondary N) is 1. The first-order chi connectivity index (χ1) is 11.0.